The average molecular weight is 444 g/mol. The number of piperidine rings is 1. The van der Waals surface area contributed by atoms with Gasteiger partial charge in [-0.05, 0) is 37.1 Å². The van der Waals surface area contributed by atoms with Gasteiger partial charge in [-0.25, -0.2) is 4.79 Å². The number of rotatable bonds is 5. The van der Waals surface area contributed by atoms with Gasteiger partial charge in [0.2, 0.25) is 0 Å². The molecule has 0 radical (unpaired) electrons. The summed E-state index contributed by atoms with van der Waals surface area (Å²) in [6.07, 6.45) is 1.16. The van der Waals surface area contributed by atoms with Gasteiger partial charge in [-0.3, -0.25) is 9.69 Å². The van der Waals surface area contributed by atoms with Gasteiger partial charge in [-0.1, -0.05) is 0 Å². The highest BCUT2D eigenvalue weighted by Gasteiger charge is 2.41. The molecule has 2 aromatic heterocycles. The van der Waals surface area contributed by atoms with Crippen LogP contribution in [0, 0.1) is 11.8 Å². The Kier molecular flexibility index (Phi) is 7.39. The summed E-state index contributed by atoms with van der Waals surface area (Å²) < 4.78 is 48.0. The van der Waals surface area contributed by atoms with Crippen LogP contribution in [0.1, 0.15) is 22.5 Å². The second kappa shape index (κ2) is 10.0. The van der Waals surface area contributed by atoms with Crippen LogP contribution in [-0.4, -0.2) is 60.4 Å². The van der Waals surface area contributed by atoms with Gasteiger partial charge in [0.1, 0.15) is 0 Å². The molecule has 2 aromatic rings. The summed E-state index contributed by atoms with van der Waals surface area (Å²) in [7, 11) is 0. The van der Waals surface area contributed by atoms with Crippen LogP contribution in [0.2, 0.25) is 0 Å². The van der Waals surface area contributed by atoms with Crippen molar-refractivity contribution in [2.75, 3.05) is 26.2 Å². The number of hydrogen-bond acceptors (Lipinski definition) is 6. The molecule has 3 atom stereocenters. The molecule has 0 aliphatic carbocycles. The lowest BCUT2D eigenvalue weighted by atomic mass is 9.84. The molecule has 2 aliphatic heterocycles. The Bertz CT molecular complexity index is 838. The highest BCUT2D eigenvalue weighted by molar-refractivity contribution is 5.91. The molecule has 1 amide bonds. The highest BCUT2D eigenvalue weighted by atomic mass is 19.4. The van der Waals surface area contributed by atoms with Gasteiger partial charge in [0.25, 0.3) is 5.91 Å². The van der Waals surface area contributed by atoms with Crippen LogP contribution in [-0.2, 0) is 16.1 Å². The fourth-order valence-electron chi connectivity index (χ4n) is 3.85. The van der Waals surface area contributed by atoms with Crippen molar-refractivity contribution in [1.82, 2.24) is 10.2 Å². The van der Waals surface area contributed by atoms with E-state index in [1.165, 1.54) is 11.8 Å². The second-order valence-corrected chi connectivity index (χ2v) is 7.44. The monoisotopic (exact) mass is 444 g/mol. The fraction of sp³-hybridized carbons (Fsp3) is 0.500. The first-order valence-electron chi connectivity index (χ1n) is 9.71. The van der Waals surface area contributed by atoms with Crippen LogP contribution in [0.25, 0.3) is 0 Å². The first-order chi connectivity index (χ1) is 14.7. The maximum atomic E-state index is 12.0. The second-order valence-electron chi connectivity index (χ2n) is 7.44. The molecule has 2 N–H and O–H groups in total. The molecule has 0 spiro atoms. The van der Waals surface area contributed by atoms with E-state index in [-0.39, 0.29) is 12.0 Å². The molecule has 11 heteroatoms. The molecule has 0 bridgehead atoms. The summed E-state index contributed by atoms with van der Waals surface area (Å²) in [4.78, 5) is 23.3. The minimum Gasteiger partial charge on any atom is -0.475 e. The normalized spacial score (nSPS) is 23.5. The zero-order valence-electron chi connectivity index (χ0n) is 16.5. The molecule has 4 heterocycles. The van der Waals surface area contributed by atoms with Crippen molar-refractivity contribution in [3.05, 3.63) is 48.3 Å². The van der Waals surface area contributed by atoms with Crippen LogP contribution >= 0.6 is 0 Å². The van der Waals surface area contributed by atoms with Crippen molar-refractivity contribution >= 4 is 11.9 Å². The molecule has 2 fully saturated rings. The van der Waals surface area contributed by atoms with Gasteiger partial charge in [0.15, 0.2) is 5.76 Å². The molecule has 2 saturated heterocycles. The Hall–Kier alpha value is -2.79. The third-order valence-electron chi connectivity index (χ3n) is 5.32. The van der Waals surface area contributed by atoms with Gasteiger partial charge in [0.05, 0.1) is 31.5 Å². The number of ether oxygens (including phenoxy) is 1. The van der Waals surface area contributed by atoms with Gasteiger partial charge in [0, 0.05) is 31.1 Å². The number of amides is 1. The van der Waals surface area contributed by atoms with Crippen LogP contribution in [0.5, 0.6) is 0 Å². The molecule has 8 nitrogen and oxygen atoms in total. The Labute approximate surface area is 175 Å². The SMILES string of the molecule is O=C(NC[C@@H]1OC[C@H]2CN(Cc3ccoc3)CC[C@H]21)c1ccco1.O=C(O)C(F)(F)F. The van der Waals surface area contributed by atoms with Crippen molar-refractivity contribution in [3.8, 4) is 0 Å². The minimum absolute atomic E-state index is 0.102. The van der Waals surface area contributed by atoms with Crippen LogP contribution in [0.3, 0.4) is 0 Å². The summed E-state index contributed by atoms with van der Waals surface area (Å²) in [5.74, 6) is -1.53. The highest BCUT2D eigenvalue weighted by Crippen LogP contribution is 2.34. The number of nitrogens with zero attached hydrogens (tertiary/aromatic N) is 1. The number of aliphatic carboxylic acids is 1. The smallest absolute Gasteiger partial charge is 0.475 e. The number of hydrogen-bond donors (Lipinski definition) is 2. The number of furan rings is 2. The number of carbonyl (C=O) groups is 2. The largest absolute Gasteiger partial charge is 0.490 e. The Morgan fingerprint density at radius 3 is 2.65 bits per heavy atom. The Morgan fingerprint density at radius 1 is 1.26 bits per heavy atom. The zero-order valence-corrected chi connectivity index (χ0v) is 16.5. The van der Waals surface area contributed by atoms with E-state index in [1.54, 1.807) is 18.4 Å². The molecule has 0 aromatic carbocycles. The molecule has 2 aliphatic rings. The van der Waals surface area contributed by atoms with Gasteiger partial charge >= 0.3 is 12.1 Å². The molecular formula is C20H23F3N2O6. The Morgan fingerprint density at radius 2 is 2.03 bits per heavy atom. The summed E-state index contributed by atoms with van der Waals surface area (Å²) in [6.45, 7) is 4.34. The van der Waals surface area contributed by atoms with Crippen molar-refractivity contribution < 1.29 is 41.4 Å². The third-order valence-corrected chi connectivity index (χ3v) is 5.32. The van der Waals surface area contributed by atoms with Crippen molar-refractivity contribution in [3.63, 3.8) is 0 Å². The molecule has 0 saturated carbocycles. The van der Waals surface area contributed by atoms with E-state index >= 15 is 0 Å². The maximum Gasteiger partial charge on any atom is 0.490 e. The number of carboxylic acid groups (broad SMARTS) is 1. The number of carboxylic acids is 1. The topological polar surface area (TPSA) is 105 Å². The van der Waals surface area contributed by atoms with Crippen molar-refractivity contribution in [1.29, 1.82) is 0 Å². The van der Waals surface area contributed by atoms with E-state index < -0.39 is 12.1 Å². The van der Waals surface area contributed by atoms with Crippen LogP contribution < -0.4 is 5.32 Å². The molecule has 0 unspecified atom stereocenters. The molecule has 4 rings (SSSR count). The minimum atomic E-state index is -5.08. The lowest BCUT2D eigenvalue weighted by Gasteiger charge is -2.35. The fourth-order valence-corrected chi connectivity index (χ4v) is 3.85. The summed E-state index contributed by atoms with van der Waals surface area (Å²) in [6, 6.07) is 5.40. The van der Waals surface area contributed by atoms with Crippen LogP contribution in [0.15, 0.2) is 45.8 Å². The predicted molar refractivity (Wildman–Crippen MR) is 100 cm³/mol. The predicted octanol–water partition coefficient (Wildman–Crippen LogP) is 2.77. The van der Waals surface area contributed by atoms with E-state index in [9.17, 15) is 18.0 Å². The van der Waals surface area contributed by atoms with E-state index in [0.29, 0.717) is 24.1 Å². The number of likely N-dealkylation sites (tertiary alicyclic amines) is 1. The number of nitrogens with one attached hydrogen (secondary N) is 1. The lowest BCUT2D eigenvalue weighted by molar-refractivity contribution is -0.192. The van der Waals surface area contributed by atoms with E-state index in [0.717, 1.165) is 32.7 Å². The van der Waals surface area contributed by atoms with E-state index in [2.05, 4.69) is 10.2 Å². The molecular weight excluding hydrogens is 421 g/mol. The standard InChI is InChI=1S/C18H22N2O4.C2HF3O2/c21-18(16-2-1-6-23-16)19-8-17-15-3-5-20(10-14(15)12-24-17)9-13-4-7-22-11-13;3-2(4,5)1(6)7/h1-2,4,6-7,11,14-15,17H,3,5,8-10,12H2,(H,19,21);(H,6,7)/t14-,15-,17+;/m1./s1. The van der Waals surface area contributed by atoms with Gasteiger partial charge in [-0.15, -0.1) is 0 Å². The average Bonchev–Trinajstić information content (AvgIpc) is 3.48. The summed E-state index contributed by atoms with van der Waals surface area (Å²) in [5, 5.41) is 10.0. The van der Waals surface area contributed by atoms with Gasteiger partial charge < -0.3 is 24.0 Å². The molecule has 31 heavy (non-hydrogen) atoms. The third kappa shape index (κ3) is 6.34. The van der Waals surface area contributed by atoms with Crippen molar-refractivity contribution in [2.45, 2.75) is 25.2 Å². The zero-order chi connectivity index (χ0) is 22.4. The van der Waals surface area contributed by atoms with Crippen LogP contribution in [0.4, 0.5) is 13.2 Å². The quantitative estimate of drug-likeness (QED) is 0.731. The first kappa shape index (κ1) is 22.9. The number of carbonyl (C=O) groups excluding carboxylic acids is 1. The number of halogens is 3. The summed E-state index contributed by atoms with van der Waals surface area (Å²) >= 11 is 0. The van der Waals surface area contributed by atoms with E-state index in [4.69, 9.17) is 23.5 Å². The number of alkyl halides is 3. The van der Waals surface area contributed by atoms with Gasteiger partial charge in [-0.2, -0.15) is 13.2 Å². The first-order valence-corrected chi connectivity index (χ1v) is 9.71. The Balaban J connectivity index is 0.000000339. The number of fused-ring (bicyclic) bond motifs is 1. The summed E-state index contributed by atoms with van der Waals surface area (Å²) in [5.41, 5.74) is 1.22. The van der Waals surface area contributed by atoms with Crippen molar-refractivity contribution in [2.24, 2.45) is 11.8 Å². The maximum absolute atomic E-state index is 12.0. The molecule has 170 valence electrons. The van der Waals surface area contributed by atoms with E-state index in [1.807, 2.05) is 12.3 Å². The lowest BCUT2D eigenvalue weighted by Crippen LogP contribution is -2.43.